The van der Waals surface area contributed by atoms with Crippen LogP contribution in [-0.4, -0.2) is 36.2 Å². The molecule has 0 saturated carbocycles. The summed E-state index contributed by atoms with van der Waals surface area (Å²) in [6, 6.07) is 9.44. The molecule has 0 unspecified atom stereocenters. The third-order valence-corrected chi connectivity index (χ3v) is 6.71. The summed E-state index contributed by atoms with van der Waals surface area (Å²) in [5.41, 5.74) is 1.73. The Kier molecular flexibility index (Phi) is 5.81. The minimum Gasteiger partial charge on any atom is -0.504 e. The molecule has 0 fully saturated rings. The number of phenols is 1. The molecule has 10 heteroatoms. The van der Waals surface area contributed by atoms with Crippen LogP contribution in [0.15, 0.2) is 57.5 Å². The molecule has 0 radical (unpaired) electrons. The average Bonchev–Trinajstić information content (AvgIpc) is 3.42. The molecule has 2 aliphatic heterocycles. The molecule has 2 aromatic carbocycles. The van der Waals surface area contributed by atoms with Gasteiger partial charge in [-0.3, -0.25) is 9.36 Å². The van der Waals surface area contributed by atoms with Crippen molar-refractivity contribution in [3.63, 3.8) is 0 Å². The Labute approximate surface area is 203 Å². The minimum absolute atomic E-state index is 0.0345. The van der Waals surface area contributed by atoms with Crippen molar-refractivity contribution in [1.82, 2.24) is 4.57 Å². The lowest BCUT2D eigenvalue weighted by molar-refractivity contribution is -0.139. The van der Waals surface area contributed by atoms with Gasteiger partial charge in [-0.1, -0.05) is 23.5 Å². The summed E-state index contributed by atoms with van der Waals surface area (Å²) in [4.78, 5) is 31.6. The molecule has 9 nitrogen and oxygen atoms in total. The number of aromatic hydroxyl groups is 1. The highest BCUT2D eigenvalue weighted by molar-refractivity contribution is 7.07. The molecule has 5 rings (SSSR count). The summed E-state index contributed by atoms with van der Waals surface area (Å²) in [5.74, 6) is 0.898. The summed E-state index contributed by atoms with van der Waals surface area (Å²) in [6.07, 6.45) is 1.67. The number of methoxy groups -OCH3 is 1. The van der Waals surface area contributed by atoms with E-state index >= 15 is 0 Å². The highest BCUT2D eigenvalue weighted by Crippen LogP contribution is 2.38. The number of allylic oxidation sites excluding steroid dienone is 1. The van der Waals surface area contributed by atoms with Crippen LogP contribution in [0.3, 0.4) is 0 Å². The zero-order valence-electron chi connectivity index (χ0n) is 19.2. The van der Waals surface area contributed by atoms with Gasteiger partial charge in [0.15, 0.2) is 27.8 Å². The molecule has 0 bridgehead atoms. The summed E-state index contributed by atoms with van der Waals surface area (Å²) in [5, 5.41) is 10.1. The van der Waals surface area contributed by atoms with Crippen LogP contribution in [0, 0.1) is 0 Å². The SMILES string of the molecule is CCOC(=O)C1=C(C)N=c2s/c(=C\c3ccc(OC)c(O)c3)c(=O)n2[C@H]1c1ccc2c(c1)OCO2. The van der Waals surface area contributed by atoms with Gasteiger partial charge < -0.3 is 24.1 Å². The van der Waals surface area contributed by atoms with E-state index < -0.39 is 12.0 Å². The molecule has 180 valence electrons. The predicted octanol–water partition coefficient (Wildman–Crippen LogP) is 2.24. The first-order valence-corrected chi connectivity index (χ1v) is 11.7. The molecule has 1 atom stereocenters. The van der Waals surface area contributed by atoms with Crippen LogP contribution in [-0.2, 0) is 9.53 Å². The van der Waals surface area contributed by atoms with E-state index in [0.717, 1.165) is 0 Å². The Hall–Kier alpha value is -4.05. The van der Waals surface area contributed by atoms with Crippen molar-refractivity contribution >= 4 is 23.4 Å². The molecule has 3 aromatic rings. The molecule has 2 aliphatic rings. The van der Waals surface area contributed by atoms with Crippen molar-refractivity contribution in [2.75, 3.05) is 20.5 Å². The molecule has 0 spiro atoms. The summed E-state index contributed by atoms with van der Waals surface area (Å²) >= 11 is 1.20. The number of hydrogen-bond acceptors (Lipinski definition) is 9. The van der Waals surface area contributed by atoms with Crippen molar-refractivity contribution in [3.8, 4) is 23.0 Å². The Balaban J connectivity index is 1.70. The van der Waals surface area contributed by atoms with Crippen LogP contribution in [0.1, 0.15) is 31.0 Å². The molecule has 1 N–H and O–H groups in total. The second-order valence-corrected chi connectivity index (χ2v) is 8.86. The van der Waals surface area contributed by atoms with Crippen molar-refractivity contribution in [2.24, 2.45) is 4.99 Å². The lowest BCUT2D eigenvalue weighted by atomic mass is 9.95. The van der Waals surface area contributed by atoms with Crippen LogP contribution < -0.4 is 29.1 Å². The Bertz CT molecular complexity index is 1550. The lowest BCUT2D eigenvalue weighted by Gasteiger charge is -2.24. The zero-order valence-corrected chi connectivity index (χ0v) is 20.0. The number of fused-ring (bicyclic) bond motifs is 2. The second kappa shape index (κ2) is 8.95. The van der Waals surface area contributed by atoms with Crippen molar-refractivity contribution in [1.29, 1.82) is 0 Å². The number of thiazole rings is 1. The minimum atomic E-state index is -0.758. The molecule has 0 amide bonds. The number of esters is 1. The lowest BCUT2D eigenvalue weighted by Crippen LogP contribution is -2.39. The van der Waals surface area contributed by atoms with Crippen LogP contribution >= 0.6 is 11.3 Å². The van der Waals surface area contributed by atoms with Crippen molar-refractivity contribution in [2.45, 2.75) is 19.9 Å². The fraction of sp³-hybridized carbons (Fsp3) is 0.240. The molecule has 0 saturated heterocycles. The van der Waals surface area contributed by atoms with Gasteiger partial charge in [-0.2, -0.15) is 0 Å². The number of phenolic OH excluding ortho intramolecular Hbond substituents is 1. The third kappa shape index (κ3) is 3.95. The highest BCUT2D eigenvalue weighted by Gasteiger charge is 2.34. The number of carbonyl (C=O) groups is 1. The van der Waals surface area contributed by atoms with Crippen LogP contribution in [0.2, 0.25) is 0 Å². The van der Waals surface area contributed by atoms with Gasteiger partial charge in [0, 0.05) is 0 Å². The van der Waals surface area contributed by atoms with Gasteiger partial charge in [0.25, 0.3) is 5.56 Å². The van der Waals surface area contributed by atoms with Crippen molar-refractivity contribution < 1.29 is 28.8 Å². The number of hydrogen-bond donors (Lipinski definition) is 1. The van der Waals surface area contributed by atoms with Gasteiger partial charge in [-0.25, -0.2) is 9.79 Å². The number of benzene rings is 2. The van der Waals surface area contributed by atoms with E-state index in [4.69, 9.17) is 18.9 Å². The molecule has 0 aliphatic carbocycles. The first-order valence-electron chi connectivity index (χ1n) is 10.9. The largest absolute Gasteiger partial charge is 0.504 e. The highest BCUT2D eigenvalue weighted by atomic mass is 32.1. The first kappa shape index (κ1) is 22.7. The molecule has 1 aromatic heterocycles. The van der Waals surface area contributed by atoms with Crippen LogP contribution in [0.25, 0.3) is 6.08 Å². The number of nitrogens with zero attached hydrogens (tertiary/aromatic N) is 2. The normalized spacial score (nSPS) is 16.7. The van der Waals surface area contributed by atoms with Gasteiger partial charge >= 0.3 is 5.97 Å². The van der Waals surface area contributed by atoms with Gasteiger partial charge in [-0.15, -0.1) is 0 Å². The van der Waals surface area contributed by atoms with Gasteiger partial charge in [0.2, 0.25) is 6.79 Å². The van der Waals surface area contributed by atoms with E-state index in [1.54, 1.807) is 50.3 Å². The molecule has 3 heterocycles. The van der Waals surface area contributed by atoms with E-state index in [2.05, 4.69) is 4.99 Å². The van der Waals surface area contributed by atoms with Gasteiger partial charge in [0.1, 0.15) is 0 Å². The Morgan fingerprint density at radius 3 is 2.80 bits per heavy atom. The summed E-state index contributed by atoms with van der Waals surface area (Å²) in [7, 11) is 1.46. The smallest absolute Gasteiger partial charge is 0.338 e. The number of carbonyl (C=O) groups excluding carboxylic acids is 1. The number of ether oxygens (including phenoxy) is 4. The monoisotopic (exact) mass is 494 g/mol. The van der Waals surface area contributed by atoms with E-state index in [9.17, 15) is 14.7 Å². The van der Waals surface area contributed by atoms with E-state index in [1.165, 1.54) is 29.1 Å². The maximum absolute atomic E-state index is 13.6. The molecular weight excluding hydrogens is 472 g/mol. The Morgan fingerprint density at radius 1 is 1.26 bits per heavy atom. The standard InChI is InChI=1S/C25H22N2O7S/c1-4-32-24(30)21-13(2)26-25-27(22(21)15-6-8-18-19(11-15)34-12-33-18)23(29)20(35-25)10-14-5-7-17(31-3)16(28)9-14/h5-11,22,28H,4,12H2,1-3H3/b20-10-/t22-/m0/s1. The zero-order chi connectivity index (χ0) is 24.7. The number of aromatic nitrogens is 1. The van der Waals surface area contributed by atoms with Gasteiger partial charge in [0.05, 0.1) is 35.6 Å². The third-order valence-electron chi connectivity index (χ3n) is 5.73. The summed E-state index contributed by atoms with van der Waals surface area (Å²) < 4.78 is 23.3. The molecular formula is C25H22N2O7S. The summed E-state index contributed by atoms with van der Waals surface area (Å²) in [6.45, 7) is 3.75. The number of rotatable bonds is 5. The van der Waals surface area contributed by atoms with E-state index in [0.29, 0.717) is 43.4 Å². The topological polar surface area (TPSA) is 109 Å². The Morgan fingerprint density at radius 2 is 2.06 bits per heavy atom. The second-order valence-electron chi connectivity index (χ2n) is 7.85. The average molecular weight is 495 g/mol. The van der Waals surface area contributed by atoms with Crippen LogP contribution in [0.5, 0.6) is 23.0 Å². The van der Waals surface area contributed by atoms with E-state index in [-0.39, 0.29) is 30.3 Å². The fourth-order valence-electron chi connectivity index (χ4n) is 4.14. The first-order chi connectivity index (χ1) is 16.9. The molecule has 35 heavy (non-hydrogen) atoms. The fourth-order valence-corrected chi connectivity index (χ4v) is 5.18. The quantitative estimate of drug-likeness (QED) is 0.542. The van der Waals surface area contributed by atoms with Crippen LogP contribution in [0.4, 0.5) is 0 Å². The predicted molar refractivity (Wildman–Crippen MR) is 128 cm³/mol. The van der Waals surface area contributed by atoms with Crippen molar-refractivity contribution in [3.05, 3.63) is 78.5 Å². The maximum atomic E-state index is 13.6. The van der Waals surface area contributed by atoms with Gasteiger partial charge in [-0.05, 0) is 55.3 Å². The van der Waals surface area contributed by atoms with E-state index in [1.807, 2.05) is 0 Å². The maximum Gasteiger partial charge on any atom is 0.338 e.